The Morgan fingerprint density at radius 2 is 1.67 bits per heavy atom. The number of likely N-dealkylation sites (N-methyl/N-ethyl adjacent to an activating group) is 1. The van der Waals surface area contributed by atoms with Gasteiger partial charge in [-0.25, -0.2) is 4.99 Å². The SMILES string of the molecule is CN1CCN(C2C(=O)c3ccccc3C(=O)C2=Nc2cccc(Cl)c2)CC1. The lowest BCUT2D eigenvalue weighted by molar-refractivity contribution is 0.0778. The van der Waals surface area contributed by atoms with Crippen molar-refractivity contribution >= 4 is 34.6 Å². The van der Waals surface area contributed by atoms with Crippen molar-refractivity contribution in [3.63, 3.8) is 0 Å². The third-order valence-corrected chi connectivity index (χ3v) is 5.37. The smallest absolute Gasteiger partial charge is 0.210 e. The fourth-order valence-corrected chi connectivity index (χ4v) is 3.83. The van der Waals surface area contributed by atoms with E-state index in [9.17, 15) is 9.59 Å². The Morgan fingerprint density at radius 3 is 2.37 bits per heavy atom. The molecule has 2 aliphatic rings. The summed E-state index contributed by atoms with van der Waals surface area (Å²) in [4.78, 5) is 35.4. The molecule has 0 radical (unpaired) electrons. The summed E-state index contributed by atoms with van der Waals surface area (Å²) >= 11 is 6.07. The Labute approximate surface area is 163 Å². The maximum Gasteiger partial charge on any atom is 0.210 e. The van der Waals surface area contributed by atoms with Crippen LogP contribution >= 0.6 is 11.6 Å². The molecule has 1 aliphatic carbocycles. The molecule has 2 aromatic carbocycles. The summed E-state index contributed by atoms with van der Waals surface area (Å²) in [7, 11) is 2.06. The number of carbonyl (C=O) groups excluding carboxylic acids is 2. The van der Waals surface area contributed by atoms with Gasteiger partial charge in [0, 0.05) is 42.3 Å². The van der Waals surface area contributed by atoms with Crippen LogP contribution in [0, 0.1) is 0 Å². The van der Waals surface area contributed by atoms with Crippen molar-refractivity contribution in [2.45, 2.75) is 6.04 Å². The van der Waals surface area contributed by atoms with Crippen LogP contribution in [-0.2, 0) is 0 Å². The quantitative estimate of drug-likeness (QED) is 0.802. The number of carbonyl (C=O) groups is 2. The molecule has 27 heavy (non-hydrogen) atoms. The molecule has 0 saturated carbocycles. The molecular formula is C21H20ClN3O2. The average Bonchev–Trinajstić information content (AvgIpc) is 2.67. The van der Waals surface area contributed by atoms with Crippen LogP contribution in [0.1, 0.15) is 20.7 Å². The number of piperazine rings is 1. The lowest BCUT2D eigenvalue weighted by atomic mass is 9.83. The Kier molecular flexibility index (Phi) is 4.91. The minimum atomic E-state index is -0.653. The summed E-state index contributed by atoms with van der Waals surface area (Å²) in [5.41, 5.74) is 1.77. The molecule has 0 aromatic heterocycles. The number of halogens is 1. The summed E-state index contributed by atoms with van der Waals surface area (Å²) in [5.74, 6) is -0.246. The molecule has 1 atom stereocenters. The second kappa shape index (κ2) is 7.35. The number of benzene rings is 2. The molecule has 1 heterocycles. The Morgan fingerprint density at radius 1 is 0.963 bits per heavy atom. The number of rotatable bonds is 2. The van der Waals surface area contributed by atoms with Crippen LogP contribution in [0.2, 0.25) is 5.02 Å². The van der Waals surface area contributed by atoms with E-state index < -0.39 is 6.04 Å². The predicted octanol–water partition coefficient (Wildman–Crippen LogP) is 3.11. The first-order valence-electron chi connectivity index (χ1n) is 8.99. The highest BCUT2D eigenvalue weighted by molar-refractivity contribution is 6.55. The Hall–Kier alpha value is -2.34. The fourth-order valence-electron chi connectivity index (χ4n) is 3.65. The van der Waals surface area contributed by atoms with Crippen molar-refractivity contribution in [2.24, 2.45) is 4.99 Å². The van der Waals surface area contributed by atoms with Crippen molar-refractivity contribution in [3.8, 4) is 0 Å². The monoisotopic (exact) mass is 381 g/mol. The van der Waals surface area contributed by atoms with Crippen LogP contribution in [0.4, 0.5) is 5.69 Å². The van der Waals surface area contributed by atoms with E-state index in [-0.39, 0.29) is 17.3 Å². The van der Waals surface area contributed by atoms with Crippen molar-refractivity contribution in [2.75, 3.05) is 33.2 Å². The molecule has 2 aromatic rings. The number of hydrogen-bond acceptors (Lipinski definition) is 5. The zero-order valence-corrected chi connectivity index (χ0v) is 15.8. The van der Waals surface area contributed by atoms with Gasteiger partial charge in [-0.1, -0.05) is 41.9 Å². The van der Waals surface area contributed by atoms with Crippen molar-refractivity contribution < 1.29 is 9.59 Å². The number of fused-ring (bicyclic) bond motifs is 1. The van der Waals surface area contributed by atoms with Crippen molar-refractivity contribution in [1.29, 1.82) is 0 Å². The molecule has 138 valence electrons. The Bertz CT molecular complexity index is 933. The molecule has 0 amide bonds. The van der Waals surface area contributed by atoms with Crippen LogP contribution in [-0.4, -0.2) is 66.3 Å². The number of nitrogens with zero attached hydrogens (tertiary/aromatic N) is 3. The van der Waals surface area contributed by atoms with Crippen molar-refractivity contribution in [3.05, 3.63) is 64.7 Å². The van der Waals surface area contributed by atoms with Gasteiger partial charge in [0.1, 0.15) is 11.8 Å². The van der Waals surface area contributed by atoms with Crippen LogP contribution in [0.25, 0.3) is 0 Å². The van der Waals surface area contributed by atoms with Gasteiger partial charge < -0.3 is 4.90 Å². The highest BCUT2D eigenvalue weighted by Gasteiger charge is 2.42. The van der Waals surface area contributed by atoms with E-state index in [0.717, 1.165) is 26.2 Å². The standard InChI is InChI=1S/C21H20ClN3O2/c1-24-9-11-25(12-10-24)19-18(23-15-6-4-5-14(22)13-15)20(26)16-7-2-3-8-17(16)21(19)27/h2-8,13,19H,9-12H2,1H3. The summed E-state index contributed by atoms with van der Waals surface area (Å²) in [6, 6.07) is 13.4. The highest BCUT2D eigenvalue weighted by atomic mass is 35.5. The van der Waals surface area contributed by atoms with Gasteiger partial charge >= 0.3 is 0 Å². The van der Waals surface area contributed by atoms with Gasteiger partial charge in [0.25, 0.3) is 0 Å². The molecule has 5 nitrogen and oxygen atoms in total. The average molecular weight is 382 g/mol. The molecule has 1 unspecified atom stereocenters. The van der Waals surface area contributed by atoms with Gasteiger partial charge in [0.05, 0.1) is 5.69 Å². The van der Waals surface area contributed by atoms with Crippen LogP contribution in [0.5, 0.6) is 0 Å². The maximum absolute atomic E-state index is 13.3. The maximum atomic E-state index is 13.3. The molecule has 0 N–H and O–H groups in total. The van der Waals surface area contributed by atoms with Gasteiger partial charge in [-0.2, -0.15) is 0 Å². The van der Waals surface area contributed by atoms with Crippen LogP contribution in [0.3, 0.4) is 0 Å². The summed E-state index contributed by atoms with van der Waals surface area (Å²) in [5, 5.41) is 0.544. The first kappa shape index (κ1) is 18.0. The van der Waals surface area contributed by atoms with Gasteiger partial charge in [0.15, 0.2) is 5.78 Å². The predicted molar refractivity (Wildman–Crippen MR) is 107 cm³/mol. The van der Waals surface area contributed by atoms with Gasteiger partial charge in [-0.05, 0) is 25.2 Å². The molecule has 1 saturated heterocycles. The normalized spacial score (nSPS) is 22.9. The lowest BCUT2D eigenvalue weighted by Crippen LogP contribution is -2.57. The molecule has 6 heteroatoms. The molecule has 4 rings (SSSR count). The summed E-state index contributed by atoms with van der Waals surface area (Å²) < 4.78 is 0. The van der Waals surface area contributed by atoms with E-state index in [0.29, 0.717) is 21.8 Å². The molecule has 0 bridgehead atoms. The van der Waals surface area contributed by atoms with E-state index in [4.69, 9.17) is 11.6 Å². The van der Waals surface area contributed by atoms with E-state index in [1.807, 2.05) is 0 Å². The van der Waals surface area contributed by atoms with Crippen LogP contribution in [0.15, 0.2) is 53.5 Å². The van der Waals surface area contributed by atoms with E-state index >= 15 is 0 Å². The number of aliphatic imine (C=N–C) groups is 1. The summed E-state index contributed by atoms with van der Waals surface area (Å²) in [6.07, 6.45) is 0. The topological polar surface area (TPSA) is 53.0 Å². The second-order valence-corrected chi connectivity index (χ2v) is 7.39. The third kappa shape index (κ3) is 3.46. The second-order valence-electron chi connectivity index (χ2n) is 6.96. The molecular weight excluding hydrogens is 362 g/mol. The highest BCUT2D eigenvalue weighted by Crippen LogP contribution is 2.27. The first-order valence-corrected chi connectivity index (χ1v) is 9.37. The Balaban J connectivity index is 1.82. The zero-order chi connectivity index (χ0) is 19.0. The largest absolute Gasteiger partial charge is 0.304 e. The van der Waals surface area contributed by atoms with Gasteiger partial charge in [-0.15, -0.1) is 0 Å². The first-order chi connectivity index (χ1) is 13.0. The lowest BCUT2D eigenvalue weighted by Gasteiger charge is -2.39. The van der Waals surface area contributed by atoms with E-state index in [1.54, 1.807) is 48.5 Å². The summed E-state index contributed by atoms with van der Waals surface area (Å²) in [6.45, 7) is 3.14. The van der Waals surface area contributed by atoms with Gasteiger partial charge in [-0.3, -0.25) is 14.5 Å². The minimum Gasteiger partial charge on any atom is -0.304 e. The van der Waals surface area contributed by atoms with Gasteiger partial charge in [0.2, 0.25) is 5.78 Å². The molecule has 1 fully saturated rings. The fraction of sp³-hybridized carbons (Fsp3) is 0.286. The number of hydrogen-bond donors (Lipinski definition) is 0. The third-order valence-electron chi connectivity index (χ3n) is 5.14. The molecule has 1 aliphatic heterocycles. The van der Waals surface area contributed by atoms with Crippen LogP contribution < -0.4 is 0 Å². The molecule has 0 spiro atoms. The minimum absolute atomic E-state index is 0.0597. The number of ketones is 2. The number of Topliss-reactive ketones (excluding diaryl/α,β-unsaturated/α-hetero) is 2. The van der Waals surface area contributed by atoms with E-state index in [2.05, 4.69) is 21.8 Å². The van der Waals surface area contributed by atoms with E-state index in [1.165, 1.54) is 0 Å². The zero-order valence-electron chi connectivity index (χ0n) is 15.1. The van der Waals surface area contributed by atoms with Crippen molar-refractivity contribution in [1.82, 2.24) is 9.80 Å².